The lowest BCUT2D eigenvalue weighted by molar-refractivity contribution is 0.0603. The number of imidazole rings is 1. The Bertz CT molecular complexity index is 533. The highest BCUT2D eigenvalue weighted by Crippen LogP contribution is 2.20. The Labute approximate surface area is 85.1 Å². The monoisotopic (exact) mass is 208 g/mol. The zero-order valence-corrected chi connectivity index (χ0v) is 8.30. The SMILES string of the molecule is COC(=O)c1ccc(F)c2nc(C)[nH]c12. The van der Waals surface area contributed by atoms with Gasteiger partial charge in [-0.3, -0.25) is 0 Å². The third-order valence-electron chi connectivity index (χ3n) is 2.12. The summed E-state index contributed by atoms with van der Waals surface area (Å²) in [5, 5.41) is 0. The molecule has 0 aliphatic heterocycles. The van der Waals surface area contributed by atoms with Crippen LogP contribution >= 0.6 is 0 Å². The molecule has 0 radical (unpaired) electrons. The first-order valence-electron chi connectivity index (χ1n) is 4.36. The molecule has 0 unspecified atom stereocenters. The van der Waals surface area contributed by atoms with Crippen molar-refractivity contribution in [1.29, 1.82) is 0 Å². The minimum absolute atomic E-state index is 0.162. The molecule has 0 aliphatic carbocycles. The maximum absolute atomic E-state index is 13.3. The van der Waals surface area contributed by atoms with Crippen LogP contribution in [-0.2, 0) is 4.74 Å². The van der Waals surface area contributed by atoms with Gasteiger partial charge in [0.1, 0.15) is 11.3 Å². The largest absolute Gasteiger partial charge is 0.465 e. The fourth-order valence-electron chi connectivity index (χ4n) is 1.46. The number of aryl methyl sites for hydroxylation is 1. The van der Waals surface area contributed by atoms with Crippen LogP contribution in [0.1, 0.15) is 16.2 Å². The molecule has 0 saturated heterocycles. The fourth-order valence-corrected chi connectivity index (χ4v) is 1.46. The van der Waals surface area contributed by atoms with Crippen molar-refractivity contribution in [1.82, 2.24) is 9.97 Å². The molecule has 1 N–H and O–H groups in total. The maximum atomic E-state index is 13.3. The van der Waals surface area contributed by atoms with Gasteiger partial charge in [0.2, 0.25) is 0 Å². The maximum Gasteiger partial charge on any atom is 0.340 e. The molecule has 2 aromatic rings. The Balaban J connectivity index is 2.76. The number of benzene rings is 1. The van der Waals surface area contributed by atoms with Crippen molar-refractivity contribution < 1.29 is 13.9 Å². The van der Waals surface area contributed by atoms with Gasteiger partial charge in [-0.2, -0.15) is 0 Å². The lowest BCUT2D eigenvalue weighted by atomic mass is 10.2. The molecule has 0 fully saturated rings. The second-order valence-electron chi connectivity index (χ2n) is 3.13. The predicted octanol–water partition coefficient (Wildman–Crippen LogP) is 1.80. The zero-order chi connectivity index (χ0) is 11.0. The first kappa shape index (κ1) is 9.64. The molecule has 4 nitrogen and oxygen atoms in total. The summed E-state index contributed by atoms with van der Waals surface area (Å²) in [5.41, 5.74) is 0.823. The van der Waals surface area contributed by atoms with Gasteiger partial charge in [-0.1, -0.05) is 0 Å². The molecular formula is C10H9FN2O2. The molecular weight excluding hydrogens is 199 g/mol. The quantitative estimate of drug-likeness (QED) is 0.727. The molecule has 78 valence electrons. The van der Waals surface area contributed by atoms with Crippen LogP contribution in [0.4, 0.5) is 4.39 Å². The lowest BCUT2D eigenvalue weighted by Gasteiger charge is -2.00. The number of hydrogen-bond donors (Lipinski definition) is 1. The van der Waals surface area contributed by atoms with E-state index in [9.17, 15) is 9.18 Å². The average molecular weight is 208 g/mol. The number of hydrogen-bond acceptors (Lipinski definition) is 3. The van der Waals surface area contributed by atoms with E-state index < -0.39 is 11.8 Å². The van der Waals surface area contributed by atoms with Crippen LogP contribution in [0.2, 0.25) is 0 Å². The van der Waals surface area contributed by atoms with E-state index in [1.165, 1.54) is 19.2 Å². The van der Waals surface area contributed by atoms with Crippen LogP contribution < -0.4 is 0 Å². The highest BCUT2D eigenvalue weighted by molar-refractivity contribution is 6.02. The number of fused-ring (bicyclic) bond motifs is 1. The van der Waals surface area contributed by atoms with E-state index in [-0.39, 0.29) is 11.1 Å². The van der Waals surface area contributed by atoms with Crippen LogP contribution in [0.5, 0.6) is 0 Å². The average Bonchev–Trinajstić information content (AvgIpc) is 2.60. The molecule has 0 saturated carbocycles. The Kier molecular flexibility index (Phi) is 2.15. The molecule has 1 heterocycles. The van der Waals surface area contributed by atoms with Gasteiger partial charge in [-0.05, 0) is 19.1 Å². The number of methoxy groups -OCH3 is 1. The van der Waals surface area contributed by atoms with Crippen molar-refractivity contribution >= 4 is 17.0 Å². The fraction of sp³-hybridized carbons (Fsp3) is 0.200. The van der Waals surface area contributed by atoms with Gasteiger partial charge in [0.05, 0.1) is 18.2 Å². The van der Waals surface area contributed by atoms with Crippen LogP contribution in [0.25, 0.3) is 11.0 Å². The number of carbonyl (C=O) groups excluding carboxylic acids is 1. The predicted molar refractivity (Wildman–Crippen MR) is 52.1 cm³/mol. The molecule has 1 aromatic heterocycles. The third kappa shape index (κ3) is 1.45. The summed E-state index contributed by atoms with van der Waals surface area (Å²) in [6, 6.07) is 2.58. The minimum Gasteiger partial charge on any atom is -0.465 e. The van der Waals surface area contributed by atoms with E-state index >= 15 is 0 Å². The number of aromatic nitrogens is 2. The molecule has 15 heavy (non-hydrogen) atoms. The van der Waals surface area contributed by atoms with E-state index in [2.05, 4.69) is 14.7 Å². The topological polar surface area (TPSA) is 55.0 Å². The highest BCUT2D eigenvalue weighted by Gasteiger charge is 2.15. The van der Waals surface area contributed by atoms with Crippen LogP contribution in [0, 0.1) is 12.7 Å². The minimum atomic E-state index is -0.511. The van der Waals surface area contributed by atoms with Crippen molar-refractivity contribution in [2.45, 2.75) is 6.92 Å². The molecule has 1 aromatic carbocycles. The number of nitrogens with one attached hydrogen (secondary N) is 1. The second-order valence-corrected chi connectivity index (χ2v) is 3.13. The smallest absolute Gasteiger partial charge is 0.340 e. The van der Waals surface area contributed by atoms with Gasteiger partial charge < -0.3 is 9.72 Å². The first-order chi connectivity index (χ1) is 7.13. The second kappa shape index (κ2) is 3.34. The number of carbonyl (C=O) groups is 1. The molecule has 5 heteroatoms. The molecule has 0 aliphatic rings. The highest BCUT2D eigenvalue weighted by atomic mass is 19.1. The number of aromatic amines is 1. The summed E-state index contributed by atoms with van der Waals surface area (Å²) in [5.74, 6) is -0.411. The van der Waals surface area contributed by atoms with Gasteiger partial charge in [0, 0.05) is 0 Å². The zero-order valence-electron chi connectivity index (χ0n) is 8.30. The Morgan fingerprint density at radius 2 is 2.27 bits per heavy atom. The number of ether oxygens (including phenoxy) is 1. The Morgan fingerprint density at radius 1 is 1.53 bits per heavy atom. The number of nitrogens with zero attached hydrogens (tertiary/aromatic N) is 1. The number of esters is 1. The van der Waals surface area contributed by atoms with Gasteiger partial charge in [-0.15, -0.1) is 0 Å². The summed E-state index contributed by atoms with van der Waals surface area (Å²) >= 11 is 0. The third-order valence-corrected chi connectivity index (χ3v) is 2.12. The van der Waals surface area contributed by atoms with Crippen LogP contribution in [0.3, 0.4) is 0 Å². The summed E-state index contributed by atoms with van der Waals surface area (Å²) in [6.45, 7) is 1.69. The molecule has 2 rings (SSSR count). The standard InChI is InChI=1S/C10H9FN2O2/c1-5-12-8-6(10(14)15-2)3-4-7(11)9(8)13-5/h3-4H,1-2H3,(H,12,13). The van der Waals surface area contributed by atoms with Gasteiger partial charge in [0.15, 0.2) is 5.82 Å². The molecule has 0 spiro atoms. The Morgan fingerprint density at radius 3 is 2.93 bits per heavy atom. The molecule has 0 amide bonds. The number of rotatable bonds is 1. The Hall–Kier alpha value is -1.91. The van der Waals surface area contributed by atoms with Crippen molar-refractivity contribution in [3.63, 3.8) is 0 Å². The van der Waals surface area contributed by atoms with E-state index in [0.717, 1.165) is 0 Å². The summed E-state index contributed by atoms with van der Waals surface area (Å²) < 4.78 is 17.9. The first-order valence-corrected chi connectivity index (χ1v) is 4.36. The summed E-state index contributed by atoms with van der Waals surface area (Å²) in [6.07, 6.45) is 0. The van der Waals surface area contributed by atoms with Crippen LogP contribution in [0.15, 0.2) is 12.1 Å². The lowest BCUT2D eigenvalue weighted by Crippen LogP contribution is -2.02. The van der Waals surface area contributed by atoms with E-state index in [1.807, 2.05) is 0 Å². The van der Waals surface area contributed by atoms with Gasteiger partial charge >= 0.3 is 5.97 Å². The van der Waals surface area contributed by atoms with Gasteiger partial charge in [-0.25, -0.2) is 14.2 Å². The van der Waals surface area contributed by atoms with Crippen molar-refractivity contribution in [2.75, 3.05) is 7.11 Å². The normalized spacial score (nSPS) is 10.6. The summed E-state index contributed by atoms with van der Waals surface area (Å²) in [4.78, 5) is 18.1. The molecule has 0 atom stereocenters. The molecule has 0 bridgehead atoms. The van der Waals surface area contributed by atoms with E-state index in [4.69, 9.17) is 0 Å². The van der Waals surface area contributed by atoms with E-state index in [1.54, 1.807) is 6.92 Å². The van der Waals surface area contributed by atoms with Crippen molar-refractivity contribution in [2.24, 2.45) is 0 Å². The number of halogens is 1. The van der Waals surface area contributed by atoms with E-state index in [0.29, 0.717) is 11.3 Å². The van der Waals surface area contributed by atoms with Crippen molar-refractivity contribution in [3.8, 4) is 0 Å². The van der Waals surface area contributed by atoms with Crippen LogP contribution in [-0.4, -0.2) is 23.0 Å². The van der Waals surface area contributed by atoms with Gasteiger partial charge in [0.25, 0.3) is 0 Å². The summed E-state index contributed by atoms with van der Waals surface area (Å²) in [7, 11) is 1.28. The number of H-pyrrole nitrogens is 1. The van der Waals surface area contributed by atoms with Crippen molar-refractivity contribution in [3.05, 3.63) is 29.3 Å².